The number of nitrogens with one attached hydrogen (secondary N) is 1. The highest BCUT2D eigenvalue weighted by Crippen LogP contribution is 2.37. The molecular weight excluding hydrogens is 614 g/mol. The molecule has 1 fully saturated rings. The van der Waals surface area contributed by atoms with Crippen molar-refractivity contribution in [3.8, 4) is 11.3 Å². The molecule has 0 bridgehead atoms. The average molecular weight is 647 g/mol. The van der Waals surface area contributed by atoms with E-state index in [1.165, 1.54) is 4.57 Å². The van der Waals surface area contributed by atoms with Crippen LogP contribution in [-0.4, -0.2) is 50.6 Å². The second kappa shape index (κ2) is 12.2. The smallest absolute Gasteiger partial charge is 0.295 e. The van der Waals surface area contributed by atoms with Crippen molar-refractivity contribution in [2.75, 3.05) is 18.2 Å². The second-order valence-electron chi connectivity index (χ2n) is 11.4. The molecule has 1 saturated heterocycles. The van der Waals surface area contributed by atoms with Crippen LogP contribution in [0.5, 0.6) is 0 Å². The first-order chi connectivity index (χ1) is 21.9. The van der Waals surface area contributed by atoms with Crippen molar-refractivity contribution in [1.82, 2.24) is 29.3 Å². The lowest BCUT2D eigenvalue weighted by molar-refractivity contribution is -0.0363. The zero-order valence-corrected chi connectivity index (χ0v) is 26.6. The van der Waals surface area contributed by atoms with Gasteiger partial charge < -0.3 is 14.9 Å². The van der Waals surface area contributed by atoms with Crippen molar-refractivity contribution in [3.63, 3.8) is 0 Å². The first kappa shape index (κ1) is 31.3. The van der Waals surface area contributed by atoms with Crippen LogP contribution in [0.3, 0.4) is 0 Å². The Bertz CT molecular complexity index is 2090. The Labute approximate surface area is 265 Å². The van der Waals surface area contributed by atoms with E-state index in [1.54, 1.807) is 55.1 Å². The summed E-state index contributed by atoms with van der Waals surface area (Å²) in [5.74, 6) is -0.221. The molecule has 11 nitrogen and oxygen atoms in total. The quantitative estimate of drug-likeness (QED) is 0.184. The number of hydrogen-bond acceptors (Lipinski definition) is 8. The van der Waals surface area contributed by atoms with Crippen molar-refractivity contribution in [2.45, 2.75) is 57.1 Å². The van der Waals surface area contributed by atoms with Crippen molar-refractivity contribution >= 4 is 38.2 Å². The molecule has 1 N–H and O–H groups in total. The largest absolute Gasteiger partial charge is 0.360 e. The molecule has 46 heavy (non-hydrogen) atoms. The fraction of sp³-hybridized carbons (Fsp3) is 0.344. The molecular formula is C32H32F2N8O3S. The number of rotatable bonds is 8. The Morgan fingerprint density at radius 3 is 2.52 bits per heavy atom. The molecule has 0 amide bonds. The van der Waals surface area contributed by atoms with Gasteiger partial charge in [0.05, 0.1) is 34.1 Å². The topological polar surface area (TPSA) is 121 Å². The van der Waals surface area contributed by atoms with Gasteiger partial charge in [-0.3, -0.25) is 9.25 Å². The molecule has 0 radical (unpaired) electrons. The molecule has 1 aliphatic heterocycles. The Morgan fingerprint density at radius 2 is 1.87 bits per heavy atom. The average Bonchev–Trinajstić information content (AvgIpc) is 3.58. The highest BCUT2D eigenvalue weighted by Gasteiger charge is 2.29. The Hall–Kier alpha value is -4.74. The fourth-order valence-corrected chi connectivity index (χ4v) is 6.44. The minimum absolute atomic E-state index is 0.00542. The van der Waals surface area contributed by atoms with Gasteiger partial charge in [-0.2, -0.15) is 5.10 Å². The van der Waals surface area contributed by atoms with Crippen LogP contribution in [0.15, 0.2) is 47.4 Å². The third-order valence-corrected chi connectivity index (χ3v) is 9.16. The summed E-state index contributed by atoms with van der Waals surface area (Å²) in [5, 5.41) is 7.66. The minimum atomic E-state index is -3.76. The maximum absolute atomic E-state index is 14.5. The molecule has 0 aliphatic carbocycles. The molecule has 1 aliphatic rings. The molecule has 14 heteroatoms. The maximum Gasteiger partial charge on any atom is 0.295 e. The van der Waals surface area contributed by atoms with Crippen molar-refractivity contribution in [1.29, 1.82) is 0 Å². The van der Waals surface area contributed by atoms with Crippen LogP contribution in [-0.2, 0) is 28.0 Å². The van der Waals surface area contributed by atoms with Crippen molar-refractivity contribution in [3.05, 3.63) is 82.4 Å². The number of pyridine rings is 2. The van der Waals surface area contributed by atoms with E-state index in [-0.39, 0.29) is 34.0 Å². The van der Waals surface area contributed by atoms with E-state index in [9.17, 15) is 17.2 Å². The van der Waals surface area contributed by atoms with Gasteiger partial charge in [0.15, 0.2) is 21.3 Å². The summed E-state index contributed by atoms with van der Waals surface area (Å²) in [6, 6.07) is 12.0. The highest BCUT2D eigenvalue weighted by molar-refractivity contribution is 7.90. The molecule has 0 spiro atoms. The van der Waals surface area contributed by atoms with Crippen LogP contribution in [0, 0.1) is 20.4 Å². The van der Waals surface area contributed by atoms with Crippen LogP contribution in [0.1, 0.15) is 60.4 Å². The monoisotopic (exact) mass is 646 g/mol. The summed E-state index contributed by atoms with van der Waals surface area (Å²) in [6.07, 6.45) is -0.170. The van der Waals surface area contributed by atoms with Gasteiger partial charge in [-0.15, -0.1) is 4.98 Å². The van der Waals surface area contributed by atoms with Gasteiger partial charge in [0, 0.05) is 31.2 Å². The number of imidazole rings is 1. The number of aromatic nitrogens is 6. The first-order valence-electron chi connectivity index (χ1n) is 14.7. The first-order valence-corrected chi connectivity index (χ1v) is 16.6. The molecule has 1 unspecified atom stereocenters. The summed E-state index contributed by atoms with van der Waals surface area (Å²) in [6.45, 7) is 11.6. The van der Waals surface area contributed by atoms with E-state index in [0.717, 1.165) is 30.4 Å². The Kier molecular flexibility index (Phi) is 8.30. The van der Waals surface area contributed by atoms with Crippen LogP contribution in [0.25, 0.3) is 27.3 Å². The van der Waals surface area contributed by atoms with Gasteiger partial charge in [-0.05, 0) is 69.0 Å². The summed E-state index contributed by atoms with van der Waals surface area (Å²) in [4.78, 5) is 17.0. The number of nitrogens with zero attached hydrogens (tertiary/aromatic N) is 7. The normalized spacial score (nSPS) is 15.4. The molecule has 238 valence electrons. The summed E-state index contributed by atoms with van der Waals surface area (Å²) < 4.78 is 64.1. The number of sulfone groups is 1. The highest BCUT2D eigenvalue weighted by atomic mass is 32.2. The van der Waals surface area contributed by atoms with Gasteiger partial charge in [0.1, 0.15) is 17.4 Å². The van der Waals surface area contributed by atoms with Crippen LogP contribution < -0.4 is 5.32 Å². The van der Waals surface area contributed by atoms with Crippen molar-refractivity contribution in [2.24, 2.45) is 7.05 Å². The predicted molar refractivity (Wildman–Crippen MR) is 169 cm³/mol. The summed E-state index contributed by atoms with van der Waals surface area (Å²) in [5.41, 5.74) is 4.74. The van der Waals surface area contributed by atoms with Crippen molar-refractivity contribution < 1.29 is 21.9 Å². The predicted octanol–water partition coefficient (Wildman–Crippen LogP) is 6.77. The number of benzene rings is 1. The molecule has 1 atom stereocenters. The molecule has 1 aromatic carbocycles. The van der Waals surface area contributed by atoms with Gasteiger partial charge in [-0.1, -0.05) is 18.7 Å². The van der Waals surface area contributed by atoms with E-state index >= 15 is 0 Å². The third kappa shape index (κ3) is 6.08. The number of hydrogen-bond donors (Lipinski definition) is 1. The molecule has 4 aromatic heterocycles. The van der Waals surface area contributed by atoms with Gasteiger partial charge in [-0.25, -0.2) is 27.2 Å². The van der Waals surface area contributed by atoms with E-state index in [2.05, 4.69) is 25.2 Å². The maximum atomic E-state index is 14.5. The molecule has 5 heterocycles. The number of aryl methyl sites for hydroxylation is 3. The minimum Gasteiger partial charge on any atom is -0.360 e. The lowest BCUT2D eigenvalue weighted by atomic mass is 10.1. The molecule has 5 aromatic rings. The summed E-state index contributed by atoms with van der Waals surface area (Å²) >= 11 is 0. The molecule has 6 rings (SSSR count). The third-order valence-electron chi connectivity index (χ3n) is 8.02. The van der Waals surface area contributed by atoms with Gasteiger partial charge >= 0.3 is 0 Å². The number of halogens is 2. The fourth-order valence-electron chi connectivity index (χ4n) is 5.58. The van der Waals surface area contributed by atoms with E-state index in [0.29, 0.717) is 41.4 Å². The number of anilines is 2. The van der Waals surface area contributed by atoms with E-state index in [4.69, 9.17) is 16.3 Å². The van der Waals surface area contributed by atoms with Gasteiger partial charge in [0.2, 0.25) is 0 Å². The number of ether oxygens (including phenoxy) is 1. The second-order valence-corrected chi connectivity index (χ2v) is 13.4. The zero-order valence-electron chi connectivity index (χ0n) is 25.8. The Balaban J connectivity index is 1.52. The van der Waals surface area contributed by atoms with E-state index in [1.807, 2.05) is 13.0 Å². The zero-order chi connectivity index (χ0) is 32.7. The Morgan fingerprint density at radius 1 is 1.07 bits per heavy atom. The van der Waals surface area contributed by atoms with Crippen LogP contribution in [0.4, 0.5) is 26.0 Å². The summed E-state index contributed by atoms with van der Waals surface area (Å²) in [7, 11) is -1.96. The van der Waals surface area contributed by atoms with Crippen LogP contribution >= 0.6 is 0 Å². The van der Waals surface area contributed by atoms with E-state index < -0.39 is 28.3 Å². The molecule has 0 saturated carbocycles. The van der Waals surface area contributed by atoms with Gasteiger partial charge in [0.25, 0.3) is 12.2 Å². The lowest BCUT2D eigenvalue weighted by Crippen LogP contribution is -2.20. The number of fused-ring (bicyclic) bond motifs is 1. The lowest BCUT2D eigenvalue weighted by Gasteiger charge is -2.25. The standard InChI is InChI=1S/C32H32F2N8O3S/c1-18-9-11-21(36-30(18)35-3)16-22-17-25(28-31(37-22)42(32(39-28)29(33)34)27-8-6-7-13-45-27)38-23-12-10-20(15-26(23)46(5,43)44)24-14-19(2)41(4)40-24/h9-12,14-15,17,27,29H,6-8,13,16H2,1-2,4-5H3,(H,37,38). The SMILES string of the molecule is [C-]#[N+]c1nc(Cc2cc(Nc3ccc(-c4cc(C)n(C)n4)cc3S(C)(=O)=O)c3nc(C(F)F)n(C4CCCCO4)c3n2)ccc1C. The van der Waals surface area contributed by atoms with Crippen LogP contribution in [0.2, 0.25) is 0 Å². The number of alkyl halides is 2.